The van der Waals surface area contributed by atoms with Gasteiger partial charge in [0.25, 0.3) is 0 Å². The van der Waals surface area contributed by atoms with Gasteiger partial charge in [-0.2, -0.15) is 0 Å². The number of imidazole rings is 1. The number of aryl methyl sites for hydroxylation is 1. The van der Waals surface area contributed by atoms with Crippen LogP contribution < -0.4 is 5.73 Å². The third-order valence-corrected chi connectivity index (χ3v) is 1.40. The monoisotopic (exact) mass is 153 g/mol. The molecule has 0 aliphatic heterocycles. The molecule has 1 heterocycles. The minimum absolute atomic E-state index is 0.245. The van der Waals surface area contributed by atoms with Crippen molar-refractivity contribution >= 4 is 5.91 Å². The van der Waals surface area contributed by atoms with E-state index in [0.29, 0.717) is 6.42 Å². The highest BCUT2D eigenvalue weighted by molar-refractivity contribution is 5.73. The van der Waals surface area contributed by atoms with E-state index in [-0.39, 0.29) is 5.91 Å². The molecule has 1 amide bonds. The maximum absolute atomic E-state index is 10.3. The van der Waals surface area contributed by atoms with E-state index in [0.717, 1.165) is 13.0 Å². The molecule has 0 saturated heterocycles. The van der Waals surface area contributed by atoms with Crippen LogP contribution in [0.5, 0.6) is 0 Å². The van der Waals surface area contributed by atoms with Gasteiger partial charge >= 0.3 is 0 Å². The number of nitrogens with two attached hydrogens (primary N) is 1. The molecule has 60 valence electrons. The van der Waals surface area contributed by atoms with Gasteiger partial charge in [-0.25, -0.2) is 4.98 Å². The highest BCUT2D eigenvalue weighted by Crippen LogP contribution is 1.93. The Hall–Kier alpha value is -1.32. The number of carbonyl (C=O) groups is 1. The zero-order chi connectivity index (χ0) is 8.10. The Bertz CT molecular complexity index is 218. The van der Waals surface area contributed by atoms with Gasteiger partial charge in [0.05, 0.1) is 6.33 Å². The summed E-state index contributed by atoms with van der Waals surface area (Å²) in [6.45, 7) is 0.808. The predicted molar refractivity (Wildman–Crippen MR) is 40.7 cm³/mol. The zero-order valence-corrected chi connectivity index (χ0v) is 6.23. The van der Waals surface area contributed by atoms with Crippen molar-refractivity contribution in [2.24, 2.45) is 5.73 Å². The Morgan fingerprint density at radius 2 is 2.45 bits per heavy atom. The van der Waals surface area contributed by atoms with Crippen molar-refractivity contribution in [1.29, 1.82) is 0 Å². The van der Waals surface area contributed by atoms with Gasteiger partial charge in [0, 0.05) is 25.4 Å². The molecule has 0 radical (unpaired) electrons. The topological polar surface area (TPSA) is 60.9 Å². The Labute approximate surface area is 65.0 Å². The van der Waals surface area contributed by atoms with Crippen LogP contribution in [-0.2, 0) is 11.3 Å². The van der Waals surface area contributed by atoms with Crippen molar-refractivity contribution in [2.75, 3.05) is 0 Å². The lowest BCUT2D eigenvalue weighted by atomic mass is 10.3. The summed E-state index contributed by atoms with van der Waals surface area (Å²) in [6, 6.07) is 0. The number of aromatic nitrogens is 2. The Morgan fingerprint density at radius 1 is 1.64 bits per heavy atom. The van der Waals surface area contributed by atoms with E-state index in [1.165, 1.54) is 0 Å². The van der Waals surface area contributed by atoms with E-state index in [1.807, 2.05) is 10.8 Å². The number of carbonyl (C=O) groups excluding carboxylic acids is 1. The van der Waals surface area contributed by atoms with E-state index < -0.39 is 0 Å². The summed E-state index contributed by atoms with van der Waals surface area (Å²) in [7, 11) is 0. The molecule has 4 heteroatoms. The van der Waals surface area contributed by atoms with Gasteiger partial charge in [0.1, 0.15) is 0 Å². The largest absolute Gasteiger partial charge is 0.370 e. The first-order valence-corrected chi connectivity index (χ1v) is 3.53. The zero-order valence-electron chi connectivity index (χ0n) is 6.23. The fourth-order valence-corrected chi connectivity index (χ4v) is 0.855. The van der Waals surface area contributed by atoms with E-state index in [4.69, 9.17) is 5.73 Å². The number of amides is 1. The van der Waals surface area contributed by atoms with Gasteiger partial charge in [-0.1, -0.05) is 0 Å². The Balaban J connectivity index is 2.19. The smallest absolute Gasteiger partial charge is 0.217 e. The van der Waals surface area contributed by atoms with Crippen LogP contribution in [0.25, 0.3) is 0 Å². The van der Waals surface area contributed by atoms with E-state index in [2.05, 4.69) is 4.98 Å². The highest BCUT2D eigenvalue weighted by atomic mass is 16.1. The summed E-state index contributed by atoms with van der Waals surface area (Å²) in [4.78, 5) is 14.2. The third kappa shape index (κ3) is 2.84. The van der Waals surface area contributed by atoms with Crippen molar-refractivity contribution in [2.45, 2.75) is 19.4 Å². The van der Waals surface area contributed by atoms with Crippen LogP contribution >= 0.6 is 0 Å². The molecular weight excluding hydrogens is 142 g/mol. The first-order valence-electron chi connectivity index (χ1n) is 3.53. The van der Waals surface area contributed by atoms with Crippen LogP contribution in [-0.4, -0.2) is 15.5 Å². The minimum atomic E-state index is -0.245. The van der Waals surface area contributed by atoms with Gasteiger partial charge in [0.2, 0.25) is 5.91 Å². The second-order valence-corrected chi connectivity index (χ2v) is 2.37. The van der Waals surface area contributed by atoms with Crippen molar-refractivity contribution < 1.29 is 4.79 Å². The average Bonchev–Trinajstić information content (AvgIpc) is 2.39. The molecule has 0 aliphatic rings. The molecule has 0 saturated carbocycles. The van der Waals surface area contributed by atoms with Crippen molar-refractivity contribution in [3.8, 4) is 0 Å². The first-order chi connectivity index (χ1) is 5.29. The van der Waals surface area contributed by atoms with Gasteiger partial charge < -0.3 is 10.3 Å². The molecule has 0 aromatic carbocycles. The van der Waals surface area contributed by atoms with Gasteiger partial charge in [-0.3, -0.25) is 4.79 Å². The van der Waals surface area contributed by atoms with Crippen molar-refractivity contribution in [3.63, 3.8) is 0 Å². The highest BCUT2D eigenvalue weighted by Gasteiger charge is 1.94. The Morgan fingerprint density at radius 3 is 3.00 bits per heavy atom. The molecule has 1 rings (SSSR count). The molecule has 2 N–H and O–H groups in total. The number of rotatable bonds is 4. The molecule has 1 aromatic heterocycles. The normalized spacial score (nSPS) is 9.82. The van der Waals surface area contributed by atoms with Crippen LogP contribution in [0.15, 0.2) is 18.7 Å². The molecule has 0 bridgehead atoms. The van der Waals surface area contributed by atoms with Crippen LogP contribution in [0.2, 0.25) is 0 Å². The second-order valence-electron chi connectivity index (χ2n) is 2.37. The fraction of sp³-hybridized carbons (Fsp3) is 0.429. The molecular formula is C7H11N3O. The summed E-state index contributed by atoms with van der Waals surface area (Å²) < 4.78 is 1.92. The van der Waals surface area contributed by atoms with E-state index >= 15 is 0 Å². The van der Waals surface area contributed by atoms with Crippen LogP contribution in [0.1, 0.15) is 12.8 Å². The molecule has 11 heavy (non-hydrogen) atoms. The second kappa shape index (κ2) is 3.75. The summed E-state index contributed by atoms with van der Waals surface area (Å²) in [6.07, 6.45) is 6.52. The van der Waals surface area contributed by atoms with Gasteiger partial charge in [-0.15, -0.1) is 0 Å². The van der Waals surface area contributed by atoms with E-state index in [9.17, 15) is 4.79 Å². The SMILES string of the molecule is NC(=O)CCCn1ccnc1. The number of hydrogen-bond donors (Lipinski definition) is 1. The van der Waals surface area contributed by atoms with Crippen LogP contribution in [0.3, 0.4) is 0 Å². The minimum Gasteiger partial charge on any atom is -0.370 e. The summed E-state index contributed by atoms with van der Waals surface area (Å²) in [5, 5.41) is 0. The lowest BCUT2D eigenvalue weighted by Gasteiger charge is -1.98. The number of primary amides is 1. The lowest BCUT2D eigenvalue weighted by Crippen LogP contribution is -2.11. The molecule has 0 fully saturated rings. The van der Waals surface area contributed by atoms with Crippen molar-refractivity contribution in [1.82, 2.24) is 9.55 Å². The maximum atomic E-state index is 10.3. The summed E-state index contributed by atoms with van der Waals surface area (Å²) in [5.74, 6) is -0.245. The maximum Gasteiger partial charge on any atom is 0.217 e. The molecule has 1 aromatic rings. The molecule has 4 nitrogen and oxygen atoms in total. The quantitative estimate of drug-likeness (QED) is 0.669. The van der Waals surface area contributed by atoms with Crippen LogP contribution in [0.4, 0.5) is 0 Å². The Kier molecular flexibility index (Phi) is 2.66. The van der Waals surface area contributed by atoms with Gasteiger partial charge in [0.15, 0.2) is 0 Å². The van der Waals surface area contributed by atoms with Gasteiger partial charge in [-0.05, 0) is 6.42 Å². The van der Waals surface area contributed by atoms with Crippen molar-refractivity contribution in [3.05, 3.63) is 18.7 Å². The molecule has 0 spiro atoms. The standard InChI is InChI=1S/C7H11N3O/c8-7(11)2-1-4-10-5-3-9-6-10/h3,5-6H,1-2,4H2,(H2,8,11). The summed E-state index contributed by atoms with van der Waals surface area (Å²) in [5.41, 5.74) is 4.97. The first kappa shape index (κ1) is 7.78. The predicted octanol–water partition coefficient (Wildman–Crippen LogP) is 0.149. The number of hydrogen-bond acceptors (Lipinski definition) is 2. The summed E-state index contributed by atoms with van der Waals surface area (Å²) >= 11 is 0. The number of nitrogens with zero attached hydrogens (tertiary/aromatic N) is 2. The fourth-order valence-electron chi connectivity index (χ4n) is 0.855. The molecule has 0 atom stereocenters. The van der Waals surface area contributed by atoms with E-state index in [1.54, 1.807) is 12.5 Å². The lowest BCUT2D eigenvalue weighted by molar-refractivity contribution is -0.118. The van der Waals surface area contributed by atoms with Crippen LogP contribution in [0, 0.1) is 0 Å². The molecule has 0 unspecified atom stereocenters. The average molecular weight is 153 g/mol. The molecule has 0 aliphatic carbocycles. The third-order valence-electron chi connectivity index (χ3n) is 1.40.